The molecule has 2 aliphatic rings. The van der Waals surface area contributed by atoms with Gasteiger partial charge in [0.25, 0.3) is 0 Å². The summed E-state index contributed by atoms with van der Waals surface area (Å²) in [7, 11) is 1.86. The Morgan fingerprint density at radius 1 is 1.33 bits per heavy atom. The van der Waals surface area contributed by atoms with Gasteiger partial charge in [0.1, 0.15) is 5.54 Å². The normalized spacial score (nSPS) is 23.2. The Balaban J connectivity index is 0.00000220. The molecule has 1 saturated carbocycles. The lowest BCUT2D eigenvalue weighted by Gasteiger charge is -2.35. The van der Waals surface area contributed by atoms with Crippen LogP contribution < -0.4 is 16.0 Å². The zero-order valence-corrected chi connectivity index (χ0v) is 13.7. The van der Waals surface area contributed by atoms with Crippen LogP contribution in [0.2, 0.25) is 0 Å². The minimum absolute atomic E-state index is 0. The Morgan fingerprint density at radius 2 is 2.00 bits per heavy atom. The van der Waals surface area contributed by atoms with E-state index in [-0.39, 0.29) is 30.4 Å². The Bertz CT molecular complexity index is 366. The van der Waals surface area contributed by atoms with Crippen molar-refractivity contribution in [2.45, 2.75) is 50.6 Å². The van der Waals surface area contributed by atoms with Crippen LogP contribution in [0.1, 0.15) is 39.0 Å². The topological polar surface area (TPSA) is 73.5 Å². The molecule has 2 fully saturated rings. The van der Waals surface area contributed by atoms with Gasteiger partial charge >= 0.3 is 6.03 Å². The SMILES string of the molecule is CCNC(=O)NC1(C(=O)N(C)C2CCNC2)CCCC1.Cl. The van der Waals surface area contributed by atoms with Crippen molar-refractivity contribution in [3.05, 3.63) is 0 Å². The highest BCUT2D eigenvalue weighted by Crippen LogP contribution is 2.32. The fourth-order valence-corrected chi connectivity index (χ4v) is 3.27. The molecule has 0 radical (unpaired) electrons. The van der Waals surface area contributed by atoms with Gasteiger partial charge in [0.05, 0.1) is 0 Å². The van der Waals surface area contributed by atoms with Crippen LogP contribution in [-0.2, 0) is 4.79 Å². The van der Waals surface area contributed by atoms with Crippen LogP contribution in [0.4, 0.5) is 4.79 Å². The van der Waals surface area contributed by atoms with E-state index in [1.807, 2.05) is 18.9 Å². The number of urea groups is 1. The second-order valence-corrected chi connectivity index (χ2v) is 5.84. The number of halogens is 1. The second kappa shape index (κ2) is 7.84. The lowest BCUT2D eigenvalue weighted by Crippen LogP contribution is -2.61. The summed E-state index contributed by atoms with van der Waals surface area (Å²) in [5.41, 5.74) is -0.698. The van der Waals surface area contributed by atoms with Crippen LogP contribution in [-0.4, -0.2) is 55.1 Å². The van der Waals surface area contributed by atoms with Gasteiger partial charge in [-0.3, -0.25) is 4.79 Å². The van der Waals surface area contributed by atoms with E-state index in [0.29, 0.717) is 6.54 Å². The number of likely N-dealkylation sites (N-methyl/N-ethyl adjacent to an activating group) is 1. The number of nitrogens with one attached hydrogen (secondary N) is 3. The van der Waals surface area contributed by atoms with E-state index < -0.39 is 5.54 Å². The van der Waals surface area contributed by atoms with Gasteiger partial charge in [0.2, 0.25) is 5.91 Å². The van der Waals surface area contributed by atoms with Crippen LogP contribution in [0.5, 0.6) is 0 Å². The summed E-state index contributed by atoms with van der Waals surface area (Å²) in [5, 5.41) is 8.94. The van der Waals surface area contributed by atoms with Gasteiger partial charge in [-0.1, -0.05) is 12.8 Å². The maximum absolute atomic E-state index is 12.8. The summed E-state index contributed by atoms with van der Waals surface area (Å²) < 4.78 is 0. The summed E-state index contributed by atoms with van der Waals surface area (Å²) >= 11 is 0. The quantitative estimate of drug-likeness (QED) is 0.720. The third kappa shape index (κ3) is 4.01. The Kier molecular flexibility index (Phi) is 6.74. The molecule has 1 saturated heterocycles. The van der Waals surface area contributed by atoms with Gasteiger partial charge in [0, 0.05) is 26.2 Å². The second-order valence-electron chi connectivity index (χ2n) is 5.84. The molecule has 7 heteroatoms. The molecule has 1 aliphatic carbocycles. The number of amides is 3. The third-order valence-corrected chi connectivity index (χ3v) is 4.46. The molecule has 21 heavy (non-hydrogen) atoms. The van der Waals surface area contributed by atoms with E-state index in [1.165, 1.54) is 0 Å². The van der Waals surface area contributed by atoms with Crippen molar-refractivity contribution in [3.8, 4) is 0 Å². The molecule has 1 aliphatic heterocycles. The molecule has 3 N–H and O–H groups in total. The highest BCUT2D eigenvalue weighted by Gasteiger charge is 2.45. The first-order valence-corrected chi connectivity index (χ1v) is 7.63. The molecule has 6 nitrogen and oxygen atoms in total. The fourth-order valence-electron chi connectivity index (χ4n) is 3.27. The van der Waals surface area contributed by atoms with Gasteiger partial charge < -0.3 is 20.9 Å². The number of nitrogens with zero attached hydrogens (tertiary/aromatic N) is 1. The first-order valence-electron chi connectivity index (χ1n) is 7.63. The largest absolute Gasteiger partial charge is 0.339 e. The number of hydrogen-bond donors (Lipinski definition) is 3. The molecule has 1 heterocycles. The van der Waals surface area contributed by atoms with E-state index in [0.717, 1.165) is 45.2 Å². The predicted molar refractivity (Wildman–Crippen MR) is 84.7 cm³/mol. The van der Waals surface area contributed by atoms with Crippen LogP contribution in [0.3, 0.4) is 0 Å². The van der Waals surface area contributed by atoms with E-state index in [1.54, 1.807) is 0 Å². The molecule has 0 aromatic carbocycles. The van der Waals surface area contributed by atoms with E-state index in [9.17, 15) is 9.59 Å². The van der Waals surface area contributed by atoms with Crippen molar-refractivity contribution in [3.63, 3.8) is 0 Å². The third-order valence-electron chi connectivity index (χ3n) is 4.46. The highest BCUT2D eigenvalue weighted by atomic mass is 35.5. The smallest absolute Gasteiger partial charge is 0.315 e. The number of carbonyl (C=O) groups is 2. The van der Waals surface area contributed by atoms with Crippen molar-refractivity contribution in [1.82, 2.24) is 20.9 Å². The molecule has 1 atom stereocenters. The molecule has 0 aromatic rings. The van der Waals surface area contributed by atoms with Gasteiger partial charge in [0.15, 0.2) is 0 Å². The Labute approximate surface area is 132 Å². The first kappa shape index (κ1) is 18.0. The molecule has 2 rings (SSSR count). The maximum atomic E-state index is 12.8. The van der Waals surface area contributed by atoms with Crippen LogP contribution >= 0.6 is 12.4 Å². The zero-order valence-electron chi connectivity index (χ0n) is 12.9. The number of hydrogen-bond acceptors (Lipinski definition) is 3. The standard InChI is InChI=1S/C14H26N4O2.ClH/c1-3-16-13(20)17-14(7-4-5-8-14)12(19)18(2)11-6-9-15-10-11;/h11,15H,3-10H2,1-2H3,(H2,16,17,20);1H. The molecule has 0 spiro atoms. The minimum Gasteiger partial charge on any atom is -0.339 e. The van der Waals surface area contributed by atoms with Crippen molar-refractivity contribution < 1.29 is 9.59 Å². The summed E-state index contributed by atoms with van der Waals surface area (Å²) in [4.78, 5) is 26.5. The highest BCUT2D eigenvalue weighted by molar-refractivity contribution is 5.91. The molecular formula is C14H27ClN4O2. The number of carbonyl (C=O) groups excluding carboxylic acids is 2. The molecular weight excluding hydrogens is 292 g/mol. The van der Waals surface area contributed by atoms with Crippen molar-refractivity contribution >= 4 is 24.3 Å². The lowest BCUT2D eigenvalue weighted by atomic mass is 9.95. The summed E-state index contributed by atoms with van der Waals surface area (Å²) in [6.45, 7) is 4.25. The van der Waals surface area contributed by atoms with Gasteiger partial charge in [-0.25, -0.2) is 4.79 Å². The molecule has 3 amide bonds. The number of rotatable bonds is 4. The summed E-state index contributed by atoms with van der Waals surface area (Å²) in [6.07, 6.45) is 4.46. The van der Waals surface area contributed by atoms with Crippen molar-refractivity contribution in [1.29, 1.82) is 0 Å². The fraction of sp³-hybridized carbons (Fsp3) is 0.857. The summed E-state index contributed by atoms with van der Waals surface area (Å²) in [5.74, 6) is 0.0648. The monoisotopic (exact) mass is 318 g/mol. The van der Waals surface area contributed by atoms with Gasteiger partial charge in [-0.2, -0.15) is 0 Å². The van der Waals surface area contributed by atoms with Gasteiger partial charge in [-0.05, 0) is 32.7 Å². The molecule has 1 unspecified atom stereocenters. The zero-order chi connectivity index (χ0) is 14.6. The van der Waals surface area contributed by atoms with Crippen LogP contribution in [0.25, 0.3) is 0 Å². The minimum atomic E-state index is -0.698. The van der Waals surface area contributed by atoms with E-state index >= 15 is 0 Å². The molecule has 0 bridgehead atoms. The average molecular weight is 319 g/mol. The van der Waals surface area contributed by atoms with E-state index in [2.05, 4.69) is 16.0 Å². The predicted octanol–water partition coefficient (Wildman–Crippen LogP) is 0.860. The van der Waals surface area contributed by atoms with E-state index in [4.69, 9.17) is 0 Å². The molecule has 122 valence electrons. The molecule has 0 aromatic heterocycles. The van der Waals surface area contributed by atoms with Crippen LogP contribution in [0.15, 0.2) is 0 Å². The Morgan fingerprint density at radius 3 is 2.52 bits per heavy atom. The van der Waals surface area contributed by atoms with Crippen molar-refractivity contribution in [2.24, 2.45) is 0 Å². The average Bonchev–Trinajstić information content (AvgIpc) is 3.08. The maximum Gasteiger partial charge on any atom is 0.315 e. The first-order chi connectivity index (χ1) is 9.59. The van der Waals surface area contributed by atoms with Crippen molar-refractivity contribution in [2.75, 3.05) is 26.7 Å². The Hall–Kier alpha value is -1.01. The lowest BCUT2D eigenvalue weighted by molar-refractivity contribution is -0.138. The van der Waals surface area contributed by atoms with Gasteiger partial charge in [-0.15, -0.1) is 12.4 Å². The van der Waals surface area contributed by atoms with Crippen LogP contribution in [0, 0.1) is 0 Å². The summed E-state index contributed by atoms with van der Waals surface area (Å²) in [6, 6.07) is 0.0108.